The number of aliphatic hydroxyl groups is 2. The summed E-state index contributed by atoms with van der Waals surface area (Å²) in [6.45, 7) is 8.41. The van der Waals surface area contributed by atoms with E-state index in [1.807, 2.05) is 12.1 Å². The van der Waals surface area contributed by atoms with Gasteiger partial charge in [0.1, 0.15) is 0 Å². The maximum atomic E-state index is 10.6. The average Bonchev–Trinajstić information content (AvgIpc) is 3.29. The highest BCUT2D eigenvalue weighted by molar-refractivity contribution is 5.24. The highest BCUT2D eigenvalue weighted by Gasteiger charge is 2.43. The van der Waals surface area contributed by atoms with Crippen molar-refractivity contribution in [2.45, 2.75) is 44.8 Å². The highest BCUT2D eigenvalue weighted by Crippen LogP contribution is 2.47. The number of allylic oxidation sites excluding steroid dienone is 1. The molecule has 2 aliphatic carbocycles. The topological polar surface area (TPSA) is 62.2 Å². The fourth-order valence-corrected chi connectivity index (χ4v) is 5.54. The minimum absolute atomic E-state index is 0.113. The van der Waals surface area contributed by atoms with Crippen LogP contribution in [0.1, 0.15) is 30.4 Å². The second kappa shape index (κ2) is 11.6. The molecule has 176 valence electrons. The molecule has 1 aromatic carbocycles. The van der Waals surface area contributed by atoms with Crippen LogP contribution in [0.2, 0.25) is 0 Å². The molecule has 2 fully saturated rings. The van der Waals surface area contributed by atoms with Crippen molar-refractivity contribution in [2.75, 3.05) is 46.1 Å². The summed E-state index contributed by atoms with van der Waals surface area (Å²) in [7, 11) is 0. The Morgan fingerprint density at radius 3 is 2.94 bits per heavy atom. The highest BCUT2D eigenvalue weighted by atomic mass is 16.5. The summed E-state index contributed by atoms with van der Waals surface area (Å²) in [5.74, 6) is 0.974. The van der Waals surface area contributed by atoms with Gasteiger partial charge in [-0.15, -0.1) is 0 Å². The van der Waals surface area contributed by atoms with Crippen LogP contribution in [0.15, 0.2) is 48.1 Å². The fraction of sp³-hybridized carbons (Fsp3) is 0.630. The van der Waals surface area contributed by atoms with Crippen LogP contribution in [0.5, 0.6) is 0 Å². The smallest absolute Gasteiger partial charge is 0.0761 e. The first kappa shape index (κ1) is 23.7. The molecule has 0 bridgehead atoms. The van der Waals surface area contributed by atoms with Gasteiger partial charge < -0.3 is 19.7 Å². The second-order valence-electron chi connectivity index (χ2n) is 9.74. The molecule has 0 unspecified atom stereocenters. The molecule has 32 heavy (non-hydrogen) atoms. The number of ether oxygens (including phenoxy) is 2. The van der Waals surface area contributed by atoms with E-state index in [1.165, 1.54) is 11.1 Å². The van der Waals surface area contributed by atoms with Crippen LogP contribution in [0, 0.1) is 24.7 Å². The average molecular weight is 442 g/mol. The van der Waals surface area contributed by atoms with E-state index in [4.69, 9.17) is 9.47 Å². The van der Waals surface area contributed by atoms with Crippen LogP contribution in [0.4, 0.5) is 0 Å². The lowest BCUT2D eigenvalue weighted by atomic mass is 9.89. The second-order valence-corrected chi connectivity index (χ2v) is 9.74. The Morgan fingerprint density at radius 1 is 1.28 bits per heavy atom. The molecule has 5 nitrogen and oxygen atoms in total. The van der Waals surface area contributed by atoms with Crippen LogP contribution in [0.3, 0.4) is 0 Å². The number of aryl methyl sites for hydroxylation is 1. The Morgan fingerprint density at radius 2 is 2.12 bits per heavy atom. The third kappa shape index (κ3) is 6.52. The van der Waals surface area contributed by atoms with Gasteiger partial charge in [-0.05, 0) is 49.2 Å². The van der Waals surface area contributed by atoms with Crippen molar-refractivity contribution in [3.8, 4) is 0 Å². The van der Waals surface area contributed by atoms with Gasteiger partial charge in [-0.3, -0.25) is 4.90 Å². The zero-order valence-electron chi connectivity index (χ0n) is 19.4. The maximum Gasteiger partial charge on any atom is 0.0761 e. The summed E-state index contributed by atoms with van der Waals surface area (Å²) >= 11 is 0. The fourth-order valence-electron chi connectivity index (χ4n) is 5.54. The number of hydrogen-bond acceptors (Lipinski definition) is 5. The molecule has 0 spiro atoms. The van der Waals surface area contributed by atoms with Gasteiger partial charge in [0, 0.05) is 38.6 Å². The Kier molecular flexibility index (Phi) is 8.55. The van der Waals surface area contributed by atoms with Crippen LogP contribution < -0.4 is 0 Å². The van der Waals surface area contributed by atoms with E-state index in [9.17, 15) is 10.2 Å². The third-order valence-corrected chi connectivity index (χ3v) is 7.19. The number of rotatable bonds is 10. The molecular formula is C27H39NO4. The molecule has 1 aromatic rings. The molecule has 3 aliphatic rings. The van der Waals surface area contributed by atoms with Gasteiger partial charge in [0.05, 0.1) is 32.0 Å². The van der Waals surface area contributed by atoms with E-state index < -0.39 is 6.10 Å². The van der Waals surface area contributed by atoms with E-state index in [0.29, 0.717) is 24.9 Å². The Bertz CT molecular complexity index is 786. The normalized spacial score (nSPS) is 29.4. The van der Waals surface area contributed by atoms with Crippen molar-refractivity contribution in [1.82, 2.24) is 4.90 Å². The Balaban J connectivity index is 1.19. The van der Waals surface area contributed by atoms with Crippen molar-refractivity contribution >= 4 is 0 Å². The maximum absolute atomic E-state index is 10.6. The van der Waals surface area contributed by atoms with Gasteiger partial charge in [0.25, 0.3) is 0 Å². The third-order valence-electron chi connectivity index (χ3n) is 7.19. The van der Waals surface area contributed by atoms with Crippen molar-refractivity contribution in [3.05, 3.63) is 59.2 Å². The first-order valence-electron chi connectivity index (χ1n) is 12.3. The first-order chi connectivity index (χ1) is 15.6. The van der Waals surface area contributed by atoms with Gasteiger partial charge in [0.15, 0.2) is 0 Å². The van der Waals surface area contributed by atoms with E-state index >= 15 is 0 Å². The number of hydrogen-bond donors (Lipinski definition) is 2. The van der Waals surface area contributed by atoms with Crippen LogP contribution in [-0.2, 0) is 15.9 Å². The number of benzene rings is 1. The molecule has 4 rings (SSSR count). The predicted octanol–water partition coefficient (Wildman–Crippen LogP) is 3.14. The summed E-state index contributed by atoms with van der Waals surface area (Å²) < 4.78 is 11.4. The van der Waals surface area contributed by atoms with Crippen molar-refractivity contribution in [1.29, 1.82) is 0 Å². The van der Waals surface area contributed by atoms with Crippen LogP contribution in [0.25, 0.3) is 0 Å². The first-order valence-corrected chi connectivity index (χ1v) is 12.3. The lowest BCUT2D eigenvalue weighted by molar-refractivity contribution is 0.0328. The van der Waals surface area contributed by atoms with Crippen molar-refractivity contribution in [2.24, 2.45) is 17.8 Å². The standard InChI is InChI=1S/C27H39NO4/c1-20-4-2-5-21(14-20)16-24(29)6-7-25-26-17-22(15-23(26)18-27(25)30)19-32-11-3-8-28-9-12-31-13-10-28/h2,4-7,14-15,23-27,29-30H,3,8-13,16-19H2,1H3/b7-6+/t23-,24-,25+,26-,27+/m0/s1. The summed E-state index contributed by atoms with van der Waals surface area (Å²) in [5.41, 5.74) is 3.72. The molecule has 1 saturated carbocycles. The molecule has 0 radical (unpaired) electrons. The van der Waals surface area contributed by atoms with E-state index in [0.717, 1.165) is 64.3 Å². The molecule has 5 heteroatoms. The van der Waals surface area contributed by atoms with Gasteiger partial charge in [-0.1, -0.05) is 48.1 Å². The molecule has 0 aromatic heterocycles. The number of fused-ring (bicyclic) bond motifs is 1. The summed E-state index contributed by atoms with van der Waals surface area (Å²) in [6.07, 6.45) is 8.93. The monoisotopic (exact) mass is 441 g/mol. The zero-order chi connectivity index (χ0) is 22.3. The van der Waals surface area contributed by atoms with Crippen LogP contribution >= 0.6 is 0 Å². The van der Waals surface area contributed by atoms with Gasteiger partial charge >= 0.3 is 0 Å². The molecule has 1 saturated heterocycles. The molecule has 2 N–H and O–H groups in total. The van der Waals surface area contributed by atoms with E-state index in [2.05, 4.69) is 42.2 Å². The molecule has 0 amide bonds. The van der Waals surface area contributed by atoms with Gasteiger partial charge in [-0.2, -0.15) is 0 Å². The van der Waals surface area contributed by atoms with Crippen molar-refractivity contribution < 1.29 is 19.7 Å². The van der Waals surface area contributed by atoms with E-state index in [1.54, 1.807) is 0 Å². The SMILES string of the molecule is Cc1cccc(C[C@@H](O)/C=C/[C@@H]2[C@H]3CC(COCCCN4CCOCC4)=C[C@H]3C[C@H]2O)c1. The lowest BCUT2D eigenvalue weighted by Gasteiger charge is -2.26. The largest absolute Gasteiger partial charge is 0.392 e. The predicted molar refractivity (Wildman–Crippen MR) is 127 cm³/mol. The zero-order valence-corrected chi connectivity index (χ0v) is 19.4. The van der Waals surface area contributed by atoms with Gasteiger partial charge in [0.2, 0.25) is 0 Å². The minimum Gasteiger partial charge on any atom is -0.392 e. The van der Waals surface area contributed by atoms with Crippen molar-refractivity contribution in [3.63, 3.8) is 0 Å². The lowest BCUT2D eigenvalue weighted by Crippen LogP contribution is -2.37. The quantitative estimate of drug-likeness (QED) is 0.432. The van der Waals surface area contributed by atoms with E-state index in [-0.39, 0.29) is 12.0 Å². The van der Waals surface area contributed by atoms with Gasteiger partial charge in [-0.25, -0.2) is 0 Å². The minimum atomic E-state index is -0.522. The Hall–Kier alpha value is -1.50. The number of nitrogens with zero attached hydrogens (tertiary/aromatic N) is 1. The summed E-state index contributed by atoms with van der Waals surface area (Å²) in [6, 6.07) is 8.27. The molecular weight excluding hydrogens is 402 g/mol. The molecule has 5 atom stereocenters. The summed E-state index contributed by atoms with van der Waals surface area (Å²) in [4.78, 5) is 2.44. The Labute approximate surface area is 192 Å². The van der Waals surface area contributed by atoms with Crippen LogP contribution in [-0.4, -0.2) is 73.4 Å². The molecule has 1 heterocycles. The number of morpholine rings is 1. The summed E-state index contributed by atoms with van der Waals surface area (Å²) in [5, 5.41) is 21.1. The molecule has 1 aliphatic heterocycles. The number of aliphatic hydroxyl groups excluding tert-OH is 2.